The van der Waals surface area contributed by atoms with E-state index >= 15 is 0 Å². The zero-order valence-corrected chi connectivity index (χ0v) is 13.8. The fourth-order valence-electron chi connectivity index (χ4n) is 1.51. The number of anilines is 2. The number of hydrogen-bond acceptors (Lipinski definition) is 4. The Kier molecular flexibility index (Phi) is 4.10. The summed E-state index contributed by atoms with van der Waals surface area (Å²) >= 11 is 10.1. The lowest BCUT2D eigenvalue weighted by molar-refractivity contribution is 0.596. The molecule has 0 fully saturated rings. The Balaban J connectivity index is 2.46. The van der Waals surface area contributed by atoms with Crippen molar-refractivity contribution in [2.45, 2.75) is 4.21 Å². The molecule has 102 valence electrons. The fraction of sp³-hybridized carbons (Fsp3) is 0.0909. The number of sulfonamides is 1. The van der Waals surface area contributed by atoms with Crippen LogP contribution in [0.15, 0.2) is 39.0 Å². The maximum Gasteiger partial charge on any atom is 0.273 e. The highest BCUT2D eigenvalue weighted by Gasteiger charge is 2.24. The van der Waals surface area contributed by atoms with Gasteiger partial charge in [-0.2, -0.15) is 0 Å². The molecule has 0 amide bonds. The summed E-state index contributed by atoms with van der Waals surface area (Å²) in [5.74, 6) is 0. The molecule has 0 saturated carbocycles. The zero-order valence-electron chi connectivity index (χ0n) is 9.80. The van der Waals surface area contributed by atoms with Gasteiger partial charge in [0.15, 0.2) is 0 Å². The minimum atomic E-state index is -3.63. The third-order valence-corrected chi connectivity index (χ3v) is 6.46. The smallest absolute Gasteiger partial charge is 0.273 e. The van der Waals surface area contributed by atoms with E-state index in [4.69, 9.17) is 17.3 Å². The molecule has 1 aromatic carbocycles. The molecule has 4 nitrogen and oxygen atoms in total. The second-order valence-electron chi connectivity index (χ2n) is 3.73. The van der Waals surface area contributed by atoms with Crippen molar-refractivity contribution in [2.24, 2.45) is 0 Å². The molecule has 19 heavy (non-hydrogen) atoms. The molecule has 2 N–H and O–H groups in total. The largest absolute Gasteiger partial charge is 0.397 e. The van der Waals surface area contributed by atoms with Gasteiger partial charge in [0.05, 0.1) is 15.7 Å². The first-order chi connectivity index (χ1) is 8.82. The molecule has 0 unspecified atom stereocenters. The maximum absolute atomic E-state index is 12.4. The van der Waals surface area contributed by atoms with Crippen molar-refractivity contribution in [3.8, 4) is 0 Å². The Hall–Kier alpha value is -0.760. The summed E-state index contributed by atoms with van der Waals surface area (Å²) in [4.78, 5) is 0. The van der Waals surface area contributed by atoms with Gasteiger partial charge in [-0.25, -0.2) is 8.42 Å². The fourth-order valence-corrected chi connectivity index (χ4v) is 4.77. The molecule has 0 aliphatic heterocycles. The summed E-state index contributed by atoms with van der Waals surface area (Å²) in [6, 6.07) is 8.07. The number of nitrogens with zero attached hydrogens (tertiary/aromatic N) is 1. The molecule has 0 atom stereocenters. The van der Waals surface area contributed by atoms with Gasteiger partial charge in [-0.15, -0.1) is 11.3 Å². The Labute approximate surface area is 129 Å². The number of halogens is 2. The van der Waals surface area contributed by atoms with Crippen LogP contribution in [0.3, 0.4) is 0 Å². The van der Waals surface area contributed by atoms with Crippen LogP contribution in [0, 0.1) is 0 Å². The SMILES string of the molecule is CN(c1ccc(Br)cc1N)S(=O)(=O)c1ccc(Cl)s1. The summed E-state index contributed by atoms with van der Waals surface area (Å²) < 4.78 is 27.3. The molecule has 1 aromatic heterocycles. The van der Waals surface area contributed by atoms with Gasteiger partial charge in [-0.05, 0) is 30.3 Å². The first-order valence-corrected chi connectivity index (χ1v) is 8.54. The van der Waals surface area contributed by atoms with Gasteiger partial charge < -0.3 is 5.73 Å². The summed E-state index contributed by atoms with van der Waals surface area (Å²) in [5.41, 5.74) is 6.65. The zero-order chi connectivity index (χ0) is 14.2. The topological polar surface area (TPSA) is 63.4 Å². The molecular formula is C11H10BrClN2O2S2. The van der Waals surface area contributed by atoms with Gasteiger partial charge in [0, 0.05) is 11.5 Å². The number of rotatable bonds is 3. The summed E-state index contributed by atoms with van der Waals surface area (Å²) in [7, 11) is -2.17. The van der Waals surface area contributed by atoms with Crippen LogP contribution >= 0.6 is 38.9 Å². The molecule has 0 aliphatic rings. The molecule has 2 aromatic rings. The van der Waals surface area contributed by atoms with Crippen LogP contribution in [0.1, 0.15) is 0 Å². The molecule has 2 rings (SSSR count). The van der Waals surface area contributed by atoms with Crippen LogP contribution in [0.4, 0.5) is 11.4 Å². The second-order valence-corrected chi connectivity index (χ2v) is 8.56. The lowest BCUT2D eigenvalue weighted by Crippen LogP contribution is -2.26. The van der Waals surface area contributed by atoms with Gasteiger partial charge in [0.2, 0.25) is 0 Å². The van der Waals surface area contributed by atoms with E-state index in [1.165, 1.54) is 13.1 Å². The van der Waals surface area contributed by atoms with Crippen molar-refractivity contribution in [1.29, 1.82) is 0 Å². The van der Waals surface area contributed by atoms with Crippen LogP contribution in [0.2, 0.25) is 4.34 Å². The highest BCUT2D eigenvalue weighted by Crippen LogP contribution is 2.33. The monoisotopic (exact) mass is 380 g/mol. The van der Waals surface area contributed by atoms with Gasteiger partial charge in [0.25, 0.3) is 10.0 Å². The van der Waals surface area contributed by atoms with Crippen LogP contribution < -0.4 is 10.0 Å². The Bertz CT molecular complexity index is 715. The maximum atomic E-state index is 12.4. The molecule has 1 heterocycles. The number of nitrogen functional groups attached to an aromatic ring is 1. The lowest BCUT2D eigenvalue weighted by atomic mass is 10.3. The Morgan fingerprint density at radius 1 is 1.32 bits per heavy atom. The number of benzene rings is 1. The van der Waals surface area contributed by atoms with Crippen molar-refractivity contribution in [3.05, 3.63) is 39.1 Å². The summed E-state index contributed by atoms with van der Waals surface area (Å²) in [6.07, 6.45) is 0. The van der Waals surface area contributed by atoms with E-state index in [2.05, 4.69) is 15.9 Å². The normalized spacial score (nSPS) is 11.5. The van der Waals surface area contributed by atoms with E-state index in [0.717, 1.165) is 20.1 Å². The average molecular weight is 382 g/mol. The highest BCUT2D eigenvalue weighted by molar-refractivity contribution is 9.10. The second kappa shape index (κ2) is 5.32. The van der Waals surface area contributed by atoms with Crippen LogP contribution in [0.25, 0.3) is 0 Å². The van der Waals surface area contributed by atoms with Crippen molar-refractivity contribution >= 4 is 60.3 Å². The molecule has 0 spiro atoms. The van der Waals surface area contributed by atoms with E-state index in [-0.39, 0.29) is 4.21 Å². The number of hydrogen-bond donors (Lipinski definition) is 1. The molecular weight excluding hydrogens is 372 g/mol. The van der Waals surface area contributed by atoms with E-state index < -0.39 is 10.0 Å². The standard InChI is InChI=1S/C11H10BrClN2O2S2/c1-15(9-3-2-7(12)6-8(9)14)19(16,17)11-5-4-10(13)18-11/h2-6H,14H2,1H3. The molecule has 0 bridgehead atoms. The van der Waals surface area contributed by atoms with E-state index in [9.17, 15) is 8.42 Å². The lowest BCUT2D eigenvalue weighted by Gasteiger charge is -2.20. The Morgan fingerprint density at radius 3 is 2.53 bits per heavy atom. The quantitative estimate of drug-likeness (QED) is 0.827. The Morgan fingerprint density at radius 2 is 2.00 bits per heavy atom. The number of thiophene rings is 1. The molecule has 8 heteroatoms. The van der Waals surface area contributed by atoms with Crippen molar-refractivity contribution < 1.29 is 8.42 Å². The van der Waals surface area contributed by atoms with Crippen LogP contribution in [-0.4, -0.2) is 15.5 Å². The van der Waals surface area contributed by atoms with Crippen LogP contribution in [-0.2, 0) is 10.0 Å². The molecule has 0 saturated heterocycles. The third kappa shape index (κ3) is 2.89. The predicted octanol–water partition coefficient (Wildman–Crippen LogP) is 3.57. The highest BCUT2D eigenvalue weighted by atomic mass is 79.9. The third-order valence-electron chi connectivity index (χ3n) is 2.49. The van der Waals surface area contributed by atoms with Crippen molar-refractivity contribution in [3.63, 3.8) is 0 Å². The van der Waals surface area contributed by atoms with E-state index in [0.29, 0.717) is 15.7 Å². The molecule has 0 radical (unpaired) electrons. The average Bonchev–Trinajstić information content (AvgIpc) is 2.76. The molecule has 0 aliphatic carbocycles. The van der Waals surface area contributed by atoms with Gasteiger partial charge in [-0.1, -0.05) is 27.5 Å². The van der Waals surface area contributed by atoms with E-state index in [1.54, 1.807) is 24.3 Å². The summed E-state index contributed by atoms with van der Waals surface area (Å²) in [5, 5.41) is 0. The van der Waals surface area contributed by atoms with E-state index in [1.807, 2.05) is 0 Å². The number of nitrogens with two attached hydrogens (primary N) is 1. The first kappa shape index (κ1) is 14.6. The van der Waals surface area contributed by atoms with Gasteiger partial charge in [0.1, 0.15) is 4.21 Å². The minimum Gasteiger partial charge on any atom is -0.397 e. The van der Waals surface area contributed by atoms with Gasteiger partial charge in [-0.3, -0.25) is 4.31 Å². The minimum absolute atomic E-state index is 0.183. The van der Waals surface area contributed by atoms with Crippen LogP contribution in [0.5, 0.6) is 0 Å². The van der Waals surface area contributed by atoms with Crippen molar-refractivity contribution in [1.82, 2.24) is 0 Å². The van der Waals surface area contributed by atoms with Crippen molar-refractivity contribution in [2.75, 3.05) is 17.1 Å². The first-order valence-electron chi connectivity index (χ1n) is 5.11. The van der Waals surface area contributed by atoms with Gasteiger partial charge >= 0.3 is 0 Å². The predicted molar refractivity (Wildman–Crippen MR) is 83.5 cm³/mol. The summed E-state index contributed by atoms with van der Waals surface area (Å²) in [6.45, 7) is 0.